The van der Waals surface area contributed by atoms with Gasteiger partial charge in [0.25, 0.3) is 0 Å². The summed E-state index contributed by atoms with van der Waals surface area (Å²) >= 11 is -2.44. The Morgan fingerprint density at radius 2 is 1.34 bits per heavy atom. The third-order valence-corrected chi connectivity index (χ3v) is 20.9. The number of ketones is 1. The summed E-state index contributed by atoms with van der Waals surface area (Å²) in [6.45, 7) is 15.8. The molecule has 0 bridgehead atoms. The van der Waals surface area contributed by atoms with E-state index in [0.717, 1.165) is 12.8 Å². The summed E-state index contributed by atoms with van der Waals surface area (Å²) in [7, 11) is -1.82. The molecular weight excluding hydrogens is 523 g/mol. The first-order valence-electron chi connectivity index (χ1n) is 13.2. The first-order valence-corrected chi connectivity index (χ1v) is 24.3. The Morgan fingerprint density at radius 1 is 0.844 bits per heavy atom. The molecule has 0 heterocycles. The summed E-state index contributed by atoms with van der Waals surface area (Å²) in [6, 6.07) is 0. The Labute approximate surface area is 204 Å². The van der Waals surface area contributed by atoms with Crippen molar-refractivity contribution in [3.8, 4) is 0 Å². The molecule has 0 fully saturated rings. The van der Waals surface area contributed by atoms with Gasteiger partial charge in [0.2, 0.25) is 0 Å². The van der Waals surface area contributed by atoms with Crippen LogP contribution < -0.4 is 0 Å². The van der Waals surface area contributed by atoms with Crippen LogP contribution in [-0.2, 0) is 18.8 Å². The van der Waals surface area contributed by atoms with Crippen LogP contribution in [0.15, 0.2) is 10.2 Å². The zero-order valence-corrected chi connectivity index (χ0v) is 26.1. The number of Topliss-reactive ketones (excluding diaryl/α,β-unsaturated/α-hetero) is 1. The molecule has 0 spiro atoms. The predicted molar refractivity (Wildman–Crippen MR) is 142 cm³/mol. The molecule has 0 saturated carbocycles. The molecule has 0 amide bonds. The number of ether oxygens (including phenoxy) is 1. The average Bonchev–Trinajstić information content (AvgIpc) is 2.71. The van der Waals surface area contributed by atoms with E-state index in [0.29, 0.717) is 6.61 Å². The van der Waals surface area contributed by atoms with E-state index < -0.39 is 32.7 Å². The molecule has 4 nitrogen and oxygen atoms in total. The van der Waals surface area contributed by atoms with Crippen LogP contribution >= 0.6 is 0 Å². The van der Waals surface area contributed by atoms with E-state index in [2.05, 4.69) is 57.5 Å². The van der Waals surface area contributed by atoms with Gasteiger partial charge in [0.05, 0.1) is 0 Å². The van der Waals surface area contributed by atoms with Gasteiger partial charge in [-0.2, -0.15) is 0 Å². The molecule has 0 radical (unpaired) electrons. The van der Waals surface area contributed by atoms with Crippen molar-refractivity contribution in [3.05, 3.63) is 10.2 Å². The summed E-state index contributed by atoms with van der Waals surface area (Å²) in [4.78, 5) is 24.6. The van der Waals surface area contributed by atoms with E-state index in [-0.39, 0.29) is 24.7 Å². The number of rotatable bonds is 20. The molecule has 0 rings (SSSR count). The number of carbonyl (C=O) groups excluding carboxylic acids is 2. The monoisotopic (exact) mass is 576 g/mol. The van der Waals surface area contributed by atoms with Crippen LogP contribution in [0.4, 0.5) is 0 Å². The second kappa shape index (κ2) is 18.2. The fourth-order valence-corrected chi connectivity index (χ4v) is 19.4. The van der Waals surface area contributed by atoms with Crippen LogP contribution in [0.1, 0.15) is 91.9 Å². The summed E-state index contributed by atoms with van der Waals surface area (Å²) in [6.07, 6.45) is 11.7. The molecule has 0 aliphatic rings. The molecule has 0 aromatic carbocycles. The van der Waals surface area contributed by atoms with E-state index in [4.69, 9.17) is 9.16 Å². The fourth-order valence-electron chi connectivity index (χ4n) is 3.97. The first kappa shape index (κ1) is 31.9. The SMILES string of the molecule is CCCCOC(=O)CC(=O)C[C@@H](/C=[CH]/[Sn]([CH2]CCC)([CH2]CCC)[CH2]CCC)O[Si](C)(C)C. The second-order valence-electron chi connectivity index (χ2n) is 10.3. The van der Waals surface area contributed by atoms with Gasteiger partial charge >= 0.3 is 205 Å². The van der Waals surface area contributed by atoms with Crippen molar-refractivity contribution in [1.82, 2.24) is 0 Å². The molecule has 0 aromatic heterocycles. The molecule has 188 valence electrons. The van der Waals surface area contributed by atoms with E-state index in [1.165, 1.54) is 51.8 Å². The number of carbonyl (C=O) groups is 2. The third kappa shape index (κ3) is 16.5. The molecule has 6 heteroatoms. The van der Waals surface area contributed by atoms with Gasteiger partial charge in [-0.3, -0.25) is 0 Å². The summed E-state index contributed by atoms with van der Waals surface area (Å²) in [5, 5.41) is 0. The molecule has 0 N–H and O–H groups in total. The Hall–Kier alpha value is -0.144. The van der Waals surface area contributed by atoms with Gasteiger partial charge in [-0.1, -0.05) is 0 Å². The number of unbranched alkanes of at least 4 members (excludes halogenated alkanes) is 4. The average molecular weight is 575 g/mol. The molecular formula is C26H52O4SiSn. The number of hydrogen-bond acceptors (Lipinski definition) is 4. The Bertz CT molecular complexity index is 521. The Morgan fingerprint density at radius 3 is 1.78 bits per heavy atom. The molecule has 0 aliphatic heterocycles. The Balaban J connectivity index is 5.43. The van der Waals surface area contributed by atoms with E-state index in [1.54, 1.807) is 0 Å². The van der Waals surface area contributed by atoms with E-state index >= 15 is 0 Å². The normalized spacial score (nSPS) is 13.5. The van der Waals surface area contributed by atoms with Gasteiger partial charge in [0.1, 0.15) is 0 Å². The molecule has 0 saturated heterocycles. The summed E-state index contributed by atoms with van der Waals surface area (Å²) in [5.41, 5.74) is 0. The van der Waals surface area contributed by atoms with Crippen molar-refractivity contribution in [1.29, 1.82) is 0 Å². The van der Waals surface area contributed by atoms with Crippen LogP contribution in [0.25, 0.3) is 0 Å². The topological polar surface area (TPSA) is 52.6 Å². The predicted octanol–water partition coefficient (Wildman–Crippen LogP) is 7.84. The zero-order chi connectivity index (χ0) is 24.5. The van der Waals surface area contributed by atoms with Gasteiger partial charge in [-0.15, -0.1) is 0 Å². The van der Waals surface area contributed by atoms with E-state index in [1.807, 2.05) is 0 Å². The standard InChI is InChI=1S/C14H25O4Si.3C4H9.Sn/c1-6-8-9-17-14(16)11-12(15)10-13(7-2)18-19(3,4)5;3*1-3-4-2;/h2,7,13H,6,8-11H2,1,3-5H3;3*1,3-4H2,2H3;/t13-;;;;/m1..../s1. The fraction of sp³-hybridized carbons (Fsp3) is 0.846. The van der Waals surface area contributed by atoms with Crippen molar-refractivity contribution in [2.24, 2.45) is 0 Å². The van der Waals surface area contributed by atoms with Crippen LogP contribution in [0, 0.1) is 0 Å². The Kier molecular flexibility index (Phi) is 18.1. The van der Waals surface area contributed by atoms with Gasteiger partial charge in [0.15, 0.2) is 0 Å². The van der Waals surface area contributed by atoms with Crippen LogP contribution in [0.2, 0.25) is 33.0 Å². The number of esters is 1. The first-order chi connectivity index (χ1) is 15.1. The van der Waals surface area contributed by atoms with Crippen LogP contribution in [0.5, 0.6) is 0 Å². The second-order valence-corrected chi connectivity index (χ2v) is 27.8. The quantitative estimate of drug-likeness (QED) is 0.0643. The summed E-state index contributed by atoms with van der Waals surface area (Å²) in [5.74, 6) is -0.475. The van der Waals surface area contributed by atoms with Crippen molar-refractivity contribution in [2.75, 3.05) is 6.61 Å². The molecule has 0 aromatic rings. The van der Waals surface area contributed by atoms with Crippen LogP contribution in [0.3, 0.4) is 0 Å². The molecule has 32 heavy (non-hydrogen) atoms. The number of hydrogen-bond donors (Lipinski definition) is 0. The van der Waals surface area contributed by atoms with Crippen molar-refractivity contribution < 1.29 is 18.8 Å². The van der Waals surface area contributed by atoms with Gasteiger partial charge in [-0.25, -0.2) is 0 Å². The molecule has 0 unspecified atom stereocenters. The zero-order valence-electron chi connectivity index (χ0n) is 22.3. The maximum absolute atomic E-state index is 12.6. The minimum atomic E-state index is -2.44. The van der Waals surface area contributed by atoms with Gasteiger partial charge in [-0.05, 0) is 0 Å². The van der Waals surface area contributed by atoms with Crippen LogP contribution in [-0.4, -0.2) is 51.2 Å². The summed E-state index contributed by atoms with van der Waals surface area (Å²) < 4.78 is 18.4. The van der Waals surface area contributed by atoms with Gasteiger partial charge in [0, 0.05) is 0 Å². The van der Waals surface area contributed by atoms with Crippen molar-refractivity contribution in [2.45, 2.75) is 131 Å². The molecule has 0 aliphatic carbocycles. The molecule has 1 atom stereocenters. The van der Waals surface area contributed by atoms with Crippen molar-refractivity contribution >= 4 is 38.4 Å². The van der Waals surface area contributed by atoms with E-state index in [9.17, 15) is 9.59 Å². The maximum atomic E-state index is 12.6. The van der Waals surface area contributed by atoms with Crippen molar-refractivity contribution in [3.63, 3.8) is 0 Å². The minimum absolute atomic E-state index is 0.0733. The van der Waals surface area contributed by atoms with Gasteiger partial charge < -0.3 is 0 Å². The third-order valence-electron chi connectivity index (χ3n) is 5.79.